The second-order valence-electron chi connectivity index (χ2n) is 5.75. The molecule has 0 amide bonds. The Bertz CT molecular complexity index is 579. The molecule has 22 heavy (non-hydrogen) atoms. The van der Waals surface area contributed by atoms with Crippen LogP contribution in [0.15, 0.2) is 42.7 Å². The van der Waals surface area contributed by atoms with Gasteiger partial charge in [-0.25, -0.2) is 14.4 Å². The first-order chi connectivity index (χ1) is 10.7. The van der Waals surface area contributed by atoms with E-state index in [0.717, 1.165) is 38.5 Å². The van der Waals surface area contributed by atoms with E-state index < -0.39 is 0 Å². The summed E-state index contributed by atoms with van der Waals surface area (Å²) in [5, 5.41) is 0. The Morgan fingerprint density at radius 2 is 1.68 bits per heavy atom. The monoisotopic (exact) mass is 300 g/mol. The molecule has 2 heterocycles. The fourth-order valence-electron chi connectivity index (χ4n) is 2.91. The van der Waals surface area contributed by atoms with Crippen molar-refractivity contribution >= 4 is 5.95 Å². The summed E-state index contributed by atoms with van der Waals surface area (Å²) in [7, 11) is 0. The smallest absolute Gasteiger partial charge is 0.225 e. The molecule has 1 aliphatic rings. The Kier molecular flexibility index (Phi) is 4.63. The Morgan fingerprint density at radius 1 is 1.05 bits per heavy atom. The topological polar surface area (TPSA) is 32.3 Å². The lowest BCUT2D eigenvalue weighted by Gasteiger charge is -2.38. The van der Waals surface area contributed by atoms with Gasteiger partial charge in [0.15, 0.2) is 0 Å². The fraction of sp³-hybridized carbons (Fsp3) is 0.412. The zero-order valence-corrected chi connectivity index (χ0v) is 12.8. The van der Waals surface area contributed by atoms with Crippen molar-refractivity contribution in [2.75, 3.05) is 31.1 Å². The maximum Gasteiger partial charge on any atom is 0.225 e. The molecule has 5 heteroatoms. The first-order valence-corrected chi connectivity index (χ1v) is 7.73. The van der Waals surface area contributed by atoms with E-state index in [0.29, 0.717) is 6.04 Å². The van der Waals surface area contributed by atoms with E-state index in [2.05, 4.69) is 26.7 Å². The molecule has 1 aromatic carbocycles. The number of hydrogen-bond donors (Lipinski definition) is 0. The third-order valence-corrected chi connectivity index (χ3v) is 4.22. The van der Waals surface area contributed by atoms with E-state index in [1.165, 1.54) is 17.7 Å². The maximum atomic E-state index is 13.0. The van der Waals surface area contributed by atoms with Crippen LogP contribution in [0.4, 0.5) is 10.3 Å². The number of nitrogens with zero attached hydrogens (tertiary/aromatic N) is 4. The Labute approximate surface area is 130 Å². The molecule has 4 nitrogen and oxygen atoms in total. The minimum absolute atomic E-state index is 0.173. The van der Waals surface area contributed by atoms with Gasteiger partial charge in [-0.2, -0.15) is 0 Å². The van der Waals surface area contributed by atoms with Crippen molar-refractivity contribution < 1.29 is 4.39 Å². The molecule has 2 aromatic rings. The van der Waals surface area contributed by atoms with Crippen molar-refractivity contribution in [2.24, 2.45) is 0 Å². The quantitative estimate of drug-likeness (QED) is 0.868. The Hall–Kier alpha value is -2.01. The molecule has 0 N–H and O–H groups in total. The highest BCUT2D eigenvalue weighted by Gasteiger charge is 2.22. The highest BCUT2D eigenvalue weighted by Crippen LogP contribution is 2.15. The summed E-state index contributed by atoms with van der Waals surface area (Å²) in [6, 6.07) is 9.10. The van der Waals surface area contributed by atoms with Crippen LogP contribution < -0.4 is 4.90 Å². The molecule has 0 aliphatic carbocycles. The number of benzene rings is 1. The molecular weight excluding hydrogens is 279 g/mol. The van der Waals surface area contributed by atoms with Crippen LogP contribution in [-0.4, -0.2) is 47.1 Å². The lowest BCUT2D eigenvalue weighted by atomic mass is 10.1. The minimum Gasteiger partial charge on any atom is -0.338 e. The molecule has 0 unspecified atom stereocenters. The van der Waals surface area contributed by atoms with Crippen molar-refractivity contribution in [3.8, 4) is 0 Å². The number of aromatic nitrogens is 2. The zero-order chi connectivity index (χ0) is 15.4. The summed E-state index contributed by atoms with van der Waals surface area (Å²) in [4.78, 5) is 13.3. The van der Waals surface area contributed by atoms with E-state index in [1.54, 1.807) is 12.4 Å². The first-order valence-electron chi connectivity index (χ1n) is 7.73. The molecule has 0 spiro atoms. The normalized spacial score (nSPS) is 17.5. The summed E-state index contributed by atoms with van der Waals surface area (Å²) in [5.74, 6) is 0.640. The van der Waals surface area contributed by atoms with Gasteiger partial charge in [0.2, 0.25) is 5.95 Å². The standard InChI is InChI=1S/C17H21FN4/c1-14(13-15-3-5-16(18)6-4-15)21-9-11-22(12-10-21)17-19-7-2-8-20-17/h2-8,14H,9-13H2,1H3/t14-/m1/s1. The summed E-state index contributed by atoms with van der Waals surface area (Å²) in [6.07, 6.45) is 4.51. The third-order valence-electron chi connectivity index (χ3n) is 4.22. The van der Waals surface area contributed by atoms with Gasteiger partial charge >= 0.3 is 0 Å². The van der Waals surface area contributed by atoms with Gasteiger partial charge in [-0.3, -0.25) is 4.90 Å². The second-order valence-corrected chi connectivity index (χ2v) is 5.75. The Balaban J connectivity index is 1.53. The molecule has 1 atom stereocenters. The molecule has 1 aliphatic heterocycles. The largest absolute Gasteiger partial charge is 0.338 e. The molecule has 0 saturated carbocycles. The van der Waals surface area contributed by atoms with Crippen LogP contribution in [0.2, 0.25) is 0 Å². The third kappa shape index (κ3) is 3.60. The van der Waals surface area contributed by atoms with Gasteiger partial charge in [0.1, 0.15) is 5.82 Å². The molecule has 0 bridgehead atoms. The van der Waals surface area contributed by atoms with Crippen molar-refractivity contribution in [1.82, 2.24) is 14.9 Å². The predicted octanol–water partition coefficient (Wildman–Crippen LogP) is 2.37. The fourth-order valence-corrected chi connectivity index (χ4v) is 2.91. The van der Waals surface area contributed by atoms with Crippen molar-refractivity contribution in [3.05, 3.63) is 54.1 Å². The molecular formula is C17H21FN4. The molecule has 1 fully saturated rings. The second kappa shape index (κ2) is 6.83. The molecule has 1 saturated heterocycles. The summed E-state index contributed by atoms with van der Waals surface area (Å²) in [5.41, 5.74) is 1.18. The van der Waals surface area contributed by atoms with E-state index in [4.69, 9.17) is 0 Å². The van der Waals surface area contributed by atoms with Crippen LogP contribution in [0.25, 0.3) is 0 Å². The van der Waals surface area contributed by atoms with Gasteiger partial charge in [-0.1, -0.05) is 12.1 Å². The van der Waals surface area contributed by atoms with E-state index in [1.807, 2.05) is 18.2 Å². The maximum absolute atomic E-state index is 13.0. The number of rotatable bonds is 4. The minimum atomic E-state index is -0.173. The highest BCUT2D eigenvalue weighted by molar-refractivity contribution is 5.29. The average molecular weight is 300 g/mol. The summed E-state index contributed by atoms with van der Waals surface area (Å²) in [6.45, 7) is 6.12. The van der Waals surface area contributed by atoms with Gasteiger partial charge in [0.05, 0.1) is 0 Å². The molecule has 3 rings (SSSR count). The van der Waals surface area contributed by atoms with Crippen LogP contribution in [0.5, 0.6) is 0 Å². The van der Waals surface area contributed by atoms with Gasteiger partial charge in [0.25, 0.3) is 0 Å². The number of piperazine rings is 1. The van der Waals surface area contributed by atoms with E-state index in [9.17, 15) is 4.39 Å². The van der Waals surface area contributed by atoms with Crippen molar-refractivity contribution in [1.29, 1.82) is 0 Å². The van der Waals surface area contributed by atoms with Gasteiger partial charge in [0, 0.05) is 44.6 Å². The predicted molar refractivity (Wildman–Crippen MR) is 85.4 cm³/mol. The van der Waals surface area contributed by atoms with Crippen LogP contribution in [0.3, 0.4) is 0 Å². The average Bonchev–Trinajstić information content (AvgIpc) is 2.58. The first kappa shape index (κ1) is 14.9. The lowest BCUT2D eigenvalue weighted by molar-refractivity contribution is 0.195. The van der Waals surface area contributed by atoms with Crippen LogP contribution in [0, 0.1) is 5.82 Å². The number of hydrogen-bond acceptors (Lipinski definition) is 4. The lowest BCUT2D eigenvalue weighted by Crippen LogP contribution is -2.50. The van der Waals surface area contributed by atoms with Gasteiger partial charge in [-0.15, -0.1) is 0 Å². The molecule has 116 valence electrons. The molecule has 1 aromatic heterocycles. The van der Waals surface area contributed by atoms with Crippen LogP contribution in [-0.2, 0) is 6.42 Å². The summed E-state index contributed by atoms with van der Waals surface area (Å²) >= 11 is 0. The van der Waals surface area contributed by atoms with Crippen LogP contribution in [0.1, 0.15) is 12.5 Å². The Morgan fingerprint density at radius 3 is 2.32 bits per heavy atom. The van der Waals surface area contributed by atoms with E-state index in [-0.39, 0.29) is 5.82 Å². The highest BCUT2D eigenvalue weighted by atomic mass is 19.1. The zero-order valence-electron chi connectivity index (χ0n) is 12.8. The molecule has 0 radical (unpaired) electrons. The van der Waals surface area contributed by atoms with E-state index >= 15 is 0 Å². The SMILES string of the molecule is C[C@H](Cc1ccc(F)cc1)N1CCN(c2ncccn2)CC1. The number of anilines is 1. The summed E-state index contributed by atoms with van der Waals surface area (Å²) < 4.78 is 13.0. The van der Waals surface area contributed by atoms with Gasteiger partial charge < -0.3 is 4.90 Å². The number of halogens is 1. The van der Waals surface area contributed by atoms with Crippen molar-refractivity contribution in [3.63, 3.8) is 0 Å². The van der Waals surface area contributed by atoms with Gasteiger partial charge in [-0.05, 0) is 37.1 Å². The van der Waals surface area contributed by atoms with Crippen molar-refractivity contribution in [2.45, 2.75) is 19.4 Å². The van der Waals surface area contributed by atoms with Crippen LogP contribution >= 0.6 is 0 Å².